The minimum Gasteiger partial charge on any atom is -0.369 e. The molecule has 39 heavy (non-hydrogen) atoms. The van der Waals surface area contributed by atoms with Crippen molar-refractivity contribution in [2.75, 3.05) is 9.80 Å². The number of aliphatic hydroxyl groups is 1. The molecule has 0 aromatic heterocycles. The van der Waals surface area contributed by atoms with Crippen molar-refractivity contribution in [1.29, 1.82) is 0 Å². The van der Waals surface area contributed by atoms with Gasteiger partial charge in [-0.15, -0.1) is 0 Å². The van der Waals surface area contributed by atoms with Crippen LogP contribution in [-0.2, 0) is 14.4 Å². The summed E-state index contributed by atoms with van der Waals surface area (Å²) in [5.74, 6) is -1.13. The van der Waals surface area contributed by atoms with E-state index in [9.17, 15) is 19.5 Å². The van der Waals surface area contributed by atoms with E-state index in [1.165, 1.54) is 29.2 Å². The van der Waals surface area contributed by atoms with E-state index in [1.807, 2.05) is 54.6 Å². The van der Waals surface area contributed by atoms with Gasteiger partial charge < -0.3 is 5.11 Å². The molecule has 0 spiro atoms. The van der Waals surface area contributed by atoms with Crippen LogP contribution in [-0.4, -0.2) is 29.1 Å². The van der Waals surface area contributed by atoms with Crippen LogP contribution < -0.4 is 9.80 Å². The van der Waals surface area contributed by atoms with Gasteiger partial charge in [-0.25, -0.2) is 4.90 Å². The Balaban J connectivity index is 1.37. The van der Waals surface area contributed by atoms with Gasteiger partial charge in [-0.05, 0) is 58.2 Å². The van der Waals surface area contributed by atoms with E-state index in [0.29, 0.717) is 11.4 Å². The summed E-state index contributed by atoms with van der Waals surface area (Å²) in [6, 6.07) is 33.5. The zero-order chi connectivity index (χ0) is 26.9. The molecule has 6 heteroatoms. The van der Waals surface area contributed by atoms with Crippen molar-refractivity contribution in [1.82, 2.24) is 0 Å². The second-order valence-electron chi connectivity index (χ2n) is 9.43. The molecule has 6 rings (SSSR count). The first-order valence-corrected chi connectivity index (χ1v) is 12.6. The maximum Gasteiger partial charge on any atom is 0.258 e. The summed E-state index contributed by atoms with van der Waals surface area (Å²) in [6.07, 6.45) is 4.38. The van der Waals surface area contributed by atoms with Crippen molar-refractivity contribution in [2.24, 2.45) is 0 Å². The summed E-state index contributed by atoms with van der Waals surface area (Å²) in [7, 11) is 0. The molecule has 2 aliphatic rings. The molecule has 0 fully saturated rings. The van der Waals surface area contributed by atoms with E-state index in [0.717, 1.165) is 32.7 Å². The molecule has 2 aliphatic heterocycles. The topological polar surface area (TPSA) is 77.9 Å². The number of benzene rings is 4. The van der Waals surface area contributed by atoms with Crippen LogP contribution in [0.15, 0.2) is 127 Å². The van der Waals surface area contributed by atoms with Crippen LogP contribution in [0.4, 0.5) is 11.4 Å². The van der Waals surface area contributed by atoms with E-state index in [4.69, 9.17) is 0 Å². The lowest BCUT2D eigenvalue weighted by Gasteiger charge is -2.23. The van der Waals surface area contributed by atoms with Gasteiger partial charge in [-0.3, -0.25) is 19.3 Å². The van der Waals surface area contributed by atoms with Crippen molar-refractivity contribution >= 4 is 29.1 Å². The molecule has 0 radical (unpaired) electrons. The molecule has 0 aliphatic carbocycles. The van der Waals surface area contributed by atoms with Crippen LogP contribution in [0.5, 0.6) is 0 Å². The predicted octanol–water partition coefficient (Wildman–Crippen LogP) is 5.18. The third-order valence-electron chi connectivity index (χ3n) is 7.06. The number of rotatable bonds is 6. The number of hydrogen-bond acceptors (Lipinski definition) is 4. The lowest BCUT2D eigenvalue weighted by Crippen LogP contribution is -2.33. The highest BCUT2D eigenvalue weighted by Crippen LogP contribution is 2.36. The maximum absolute atomic E-state index is 12.2. The standard InChI is InChI=1S/C33H24N2O4/c36-29-18-19-30(37)34(29)27-14-10-25(11-15-27)33(24-8-6-23(7-9-24)22-4-2-1-3-5-22)26-12-16-28(17-13-26)35-31(38)20-21-32(35)39/h1-21,29,33,36H. The first-order valence-electron chi connectivity index (χ1n) is 12.6. The van der Waals surface area contributed by atoms with Crippen molar-refractivity contribution < 1.29 is 19.5 Å². The summed E-state index contributed by atoms with van der Waals surface area (Å²) in [6.45, 7) is 0. The largest absolute Gasteiger partial charge is 0.369 e. The minimum absolute atomic E-state index is 0.154. The lowest BCUT2D eigenvalue weighted by atomic mass is 9.84. The predicted molar refractivity (Wildman–Crippen MR) is 150 cm³/mol. The van der Waals surface area contributed by atoms with Gasteiger partial charge in [0.2, 0.25) is 0 Å². The monoisotopic (exact) mass is 512 g/mol. The lowest BCUT2D eigenvalue weighted by molar-refractivity contribution is -0.120. The van der Waals surface area contributed by atoms with Gasteiger partial charge in [0.1, 0.15) is 0 Å². The number of hydrogen-bond donors (Lipinski definition) is 1. The quantitative estimate of drug-likeness (QED) is 0.285. The van der Waals surface area contributed by atoms with Crippen molar-refractivity contribution in [3.63, 3.8) is 0 Å². The van der Waals surface area contributed by atoms with Gasteiger partial charge in [0.05, 0.1) is 5.69 Å². The van der Waals surface area contributed by atoms with E-state index < -0.39 is 6.23 Å². The minimum atomic E-state index is -0.984. The zero-order valence-electron chi connectivity index (χ0n) is 20.8. The fraction of sp³-hybridized carbons (Fsp3) is 0.0606. The third-order valence-corrected chi connectivity index (χ3v) is 7.06. The Bertz CT molecular complexity index is 1590. The average Bonchev–Trinajstić information content (AvgIpc) is 3.49. The van der Waals surface area contributed by atoms with Gasteiger partial charge in [-0.2, -0.15) is 0 Å². The number of imide groups is 1. The molecular weight excluding hydrogens is 488 g/mol. The Morgan fingerprint density at radius 1 is 0.538 bits per heavy atom. The van der Waals surface area contributed by atoms with E-state index in [1.54, 1.807) is 12.1 Å². The Morgan fingerprint density at radius 3 is 1.54 bits per heavy atom. The number of nitrogens with zero attached hydrogens (tertiary/aromatic N) is 2. The molecule has 1 N–H and O–H groups in total. The summed E-state index contributed by atoms with van der Waals surface area (Å²) in [5.41, 5.74) is 6.38. The molecular formula is C33H24N2O4. The Morgan fingerprint density at radius 2 is 1.03 bits per heavy atom. The molecule has 0 saturated heterocycles. The maximum atomic E-state index is 12.2. The van der Waals surface area contributed by atoms with Crippen LogP contribution in [0, 0.1) is 0 Å². The Hall–Kier alpha value is -5.07. The Kier molecular flexibility index (Phi) is 6.23. The molecule has 190 valence electrons. The van der Waals surface area contributed by atoms with Gasteiger partial charge in [-0.1, -0.05) is 78.9 Å². The fourth-order valence-corrected chi connectivity index (χ4v) is 5.12. The summed E-state index contributed by atoms with van der Waals surface area (Å²) >= 11 is 0. The number of carbonyl (C=O) groups is 3. The first-order chi connectivity index (χ1) is 19.0. The zero-order valence-corrected chi connectivity index (χ0v) is 20.8. The molecule has 4 aromatic rings. The smallest absolute Gasteiger partial charge is 0.258 e. The van der Waals surface area contributed by atoms with Crippen molar-refractivity contribution in [3.8, 4) is 11.1 Å². The average molecular weight is 513 g/mol. The third kappa shape index (κ3) is 4.58. The number of anilines is 2. The summed E-state index contributed by atoms with van der Waals surface area (Å²) < 4.78 is 0. The van der Waals surface area contributed by atoms with Gasteiger partial charge in [0.25, 0.3) is 17.7 Å². The second kappa shape index (κ2) is 10.0. The van der Waals surface area contributed by atoms with Crippen LogP contribution >= 0.6 is 0 Å². The van der Waals surface area contributed by atoms with Crippen LogP contribution in [0.25, 0.3) is 11.1 Å². The fourth-order valence-electron chi connectivity index (χ4n) is 5.12. The summed E-state index contributed by atoms with van der Waals surface area (Å²) in [4.78, 5) is 39.0. The normalized spacial score (nSPS) is 17.4. The molecule has 2 atom stereocenters. The van der Waals surface area contributed by atoms with Gasteiger partial charge >= 0.3 is 0 Å². The van der Waals surface area contributed by atoms with Crippen LogP contribution in [0.3, 0.4) is 0 Å². The van der Waals surface area contributed by atoms with E-state index in [-0.39, 0.29) is 23.6 Å². The molecule has 3 amide bonds. The highest BCUT2D eigenvalue weighted by molar-refractivity contribution is 6.28. The van der Waals surface area contributed by atoms with Crippen molar-refractivity contribution in [2.45, 2.75) is 12.1 Å². The SMILES string of the molecule is O=C1C=CC(=O)N1c1ccc(C(c2ccc(-c3ccccc3)cc2)c2ccc(N3C(=O)C=CC3O)cc2)cc1. The molecule has 2 heterocycles. The highest BCUT2D eigenvalue weighted by Gasteiger charge is 2.27. The van der Waals surface area contributed by atoms with E-state index >= 15 is 0 Å². The van der Waals surface area contributed by atoms with E-state index in [2.05, 4.69) is 36.4 Å². The van der Waals surface area contributed by atoms with Crippen LogP contribution in [0.2, 0.25) is 0 Å². The number of carbonyl (C=O) groups excluding carboxylic acids is 3. The number of aliphatic hydroxyl groups excluding tert-OH is 1. The Labute approximate surface area is 225 Å². The van der Waals surface area contributed by atoms with Crippen molar-refractivity contribution in [3.05, 3.63) is 144 Å². The molecule has 2 unspecified atom stereocenters. The van der Waals surface area contributed by atoms with Gasteiger partial charge in [0, 0.05) is 29.8 Å². The molecule has 0 bridgehead atoms. The molecule has 6 nitrogen and oxygen atoms in total. The molecule has 4 aromatic carbocycles. The van der Waals surface area contributed by atoms with Gasteiger partial charge in [0.15, 0.2) is 6.23 Å². The highest BCUT2D eigenvalue weighted by atomic mass is 16.3. The second-order valence-corrected chi connectivity index (χ2v) is 9.43. The molecule has 0 saturated carbocycles. The first kappa shape index (κ1) is 24.3. The summed E-state index contributed by atoms with van der Waals surface area (Å²) in [5, 5.41) is 10.2. The van der Waals surface area contributed by atoms with Crippen LogP contribution in [0.1, 0.15) is 22.6 Å². The number of amides is 3.